The first kappa shape index (κ1) is 44.6. The van der Waals surface area contributed by atoms with Gasteiger partial charge in [0.1, 0.15) is 65.2 Å². The summed E-state index contributed by atoms with van der Waals surface area (Å²) in [6.07, 6.45) is -3.07. The molecule has 57 heavy (non-hydrogen) atoms. The maximum atomic E-state index is 15.4. The Hall–Kier alpha value is -5.09. The van der Waals surface area contributed by atoms with Gasteiger partial charge in [-0.1, -0.05) is 12.1 Å². The number of halogens is 20. The van der Waals surface area contributed by atoms with Crippen molar-refractivity contribution in [3.05, 3.63) is 146 Å². The van der Waals surface area contributed by atoms with Gasteiger partial charge in [0.25, 0.3) is 0 Å². The van der Waals surface area contributed by atoms with Gasteiger partial charge in [0.15, 0.2) is 86.7 Å². The van der Waals surface area contributed by atoms with Gasteiger partial charge >= 0.3 is 0 Å². The molecule has 5 aromatic rings. The topological polar surface area (TPSA) is 9.23 Å². The van der Waals surface area contributed by atoms with Crippen molar-refractivity contribution in [2.45, 2.75) is 13.8 Å². The van der Waals surface area contributed by atoms with Crippen LogP contribution in [0.25, 0.3) is 0 Å². The van der Waals surface area contributed by atoms with E-state index >= 15 is 35.1 Å². The Morgan fingerprint density at radius 3 is 0.772 bits per heavy atom. The lowest BCUT2D eigenvalue weighted by atomic mass is 9.12. The van der Waals surface area contributed by atoms with Crippen LogP contribution in [0.1, 0.15) is 11.1 Å². The van der Waals surface area contributed by atoms with Crippen molar-refractivity contribution < 1.29 is 92.0 Å². The number of aryl methyl sites for hydroxylation is 2. The molecular weight excluding hydrogens is 847 g/mol. The van der Waals surface area contributed by atoms with Gasteiger partial charge < -0.3 is 0 Å². The summed E-state index contributed by atoms with van der Waals surface area (Å²) in [6.45, 7) is 4.15. The summed E-state index contributed by atoms with van der Waals surface area (Å²) in [5.41, 5.74) is -11.9. The summed E-state index contributed by atoms with van der Waals surface area (Å²) >= 11 is 0.0149. The zero-order valence-corrected chi connectivity index (χ0v) is 29.0. The van der Waals surface area contributed by atoms with Crippen LogP contribution in [-0.2, 0) is 11.2 Å². The van der Waals surface area contributed by atoms with E-state index < -0.39 is 144 Å². The second kappa shape index (κ2) is 16.0. The minimum absolute atomic E-state index is 0.0149. The van der Waals surface area contributed by atoms with Crippen LogP contribution in [0, 0.1) is 130 Å². The molecule has 0 aliphatic carbocycles. The molecule has 5 aromatic carbocycles. The third kappa shape index (κ3) is 7.00. The van der Waals surface area contributed by atoms with Crippen molar-refractivity contribution in [2.24, 2.45) is 0 Å². The molecule has 23 heteroatoms. The van der Waals surface area contributed by atoms with Crippen LogP contribution >= 0.6 is 0 Å². The largest absolute Gasteiger partial charge is 0.286 e. The summed E-state index contributed by atoms with van der Waals surface area (Å²) in [5.74, 6) is -70.4. The summed E-state index contributed by atoms with van der Waals surface area (Å²) in [5, 5.41) is 0. The molecule has 0 saturated carbocycles. The Labute approximate surface area is 309 Å². The molecule has 0 bridgehead atoms. The lowest BCUT2D eigenvalue weighted by Gasteiger charge is -2.44. The first-order valence-electron chi connectivity index (χ1n) is 14.9. The summed E-state index contributed by atoms with van der Waals surface area (Å²) in [4.78, 5) is 0. The fourth-order valence-electron chi connectivity index (χ4n) is 5.85. The molecule has 0 radical (unpaired) electrons. The van der Waals surface area contributed by atoms with Crippen molar-refractivity contribution >= 4 is 39.2 Å². The lowest BCUT2D eigenvalue weighted by Crippen LogP contribution is -2.81. The van der Waals surface area contributed by atoms with Crippen molar-refractivity contribution in [1.82, 2.24) is 0 Å². The Kier molecular flexibility index (Phi) is 12.6. The molecule has 0 amide bonds. The Balaban J connectivity index is 0.000000512. The molecule has 0 atom stereocenters. The van der Waals surface area contributed by atoms with E-state index in [1.54, 1.807) is 0 Å². The maximum absolute atomic E-state index is 15.4. The van der Waals surface area contributed by atoms with Crippen molar-refractivity contribution in [3.8, 4) is 5.75 Å². The van der Waals surface area contributed by atoms with Crippen LogP contribution in [0.15, 0.2) is 18.2 Å². The molecule has 1 nitrogen and oxygen atoms in total. The minimum atomic E-state index is -7.22. The monoisotopic (exact) mass is 862 g/mol. The van der Waals surface area contributed by atoms with Gasteiger partial charge in [-0.25, -0.2) is 87.8 Å². The number of hydrogen-bond acceptors (Lipinski definition) is 1. The second-order valence-corrected chi connectivity index (χ2v) is 13.5. The van der Waals surface area contributed by atoms with Crippen LogP contribution in [0.3, 0.4) is 0 Å². The van der Waals surface area contributed by atoms with Gasteiger partial charge in [-0.05, 0) is 31.0 Å². The minimum Gasteiger partial charge on any atom is -0.286 e. The van der Waals surface area contributed by atoms with E-state index in [9.17, 15) is 52.7 Å². The Morgan fingerprint density at radius 1 is 0.351 bits per heavy atom. The predicted octanol–water partition coefficient (Wildman–Crippen LogP) is 8.32. The van der Waals surface area contributed by atoms with Gasteiger partial charge in [0.2, 0.25) is 0 Å². The van der Waals surface area contributed by atoms with E-state index in [2.05, 4.69) is 44.6 Å². The molecule has 0 heterocycles. The fourth-order valence-corrected chi connectivity index (χ4v) is 6.39. The molecule has 0 spiro atoms. The predicted molar refractivity (Wildman–Crippen MR) is 165 cm³/mol. The quantitative estimate of drug-likeness (QED) is 0.0549. The highest BCUT2D eigenvalue weighted by Crippen LogP contribution is 2.31. The number of hydrogen-bond donors (Lipinski definition) is 0. The summed E-state index contributed by atoms with van der Waals surface area (Å²) in [7, 11) is 0. The molecule has 306 valence electrons. The molecule has 0 aliphatic heterocycles. The van der Waals surface area contributed by atoms with E-state index in [1.807, 2.05) is 0 Å². The van der Waals surface area contributed by atoms with Crippen LogP contribution in [0.4, 0.5) is 87.8 Å². The van der Waals surface area contributed by atoms with Gasteiger partial charge in [-0.15, -0.1) is 21.9 Å². The lowest BCUT2D eigenvalue weighted by molar-refractivity contribution is 0.378. The van der Waals surface area contributed by atoms with Crippen LogP contribution in [0.2, 0.25) is 0 Å². The van der Waals surface area contributed by atoms with Gasteiger partial charge in [-0.3, -0.25) is 4.18 Å². The first-order chi connectivity index (χ1) is 26.3. The van der Waals surface area contributed by atoms with E-state index in [4.69, 9.17) is 4.18 Å². The van der Waals surface area contributed by atoms with Crippen LogP contribution in [0.5, 0.6) is 5.75 Å². The van der Waals surface area contributed by atoms with Crippen molar-refractivity contribution in [3.63, 3.8) is 0 Å². The highest BCUT2D eigenvalue weighted by Gasteiger charge is 2.52. The van der Waals surface area contributed by atoms with Gasteiger partial charge in [0.05, 0.1) is 0 Å². The fraction of sp³-hybridized carbons (Fsp3) is 0.118. The van der Waals surface area contributed by atoms with Crippen LogP contribution in [-0.4, -0.2) is 18.7 Å². The zero-order chi connectivity index (χ0) is 43.5. The van der Waals surface area contributed by atoms with Crippen molar-refractivity contribution in [1.29, 1.82) is 0 Å². The first-order valence-corrected chi connectivity index (χ1v) is 16.8. The average Bonchev–Trinajstić information content (AvgIpc) is 3.16. The highest BCUT2D eigenvalue weighted by atomic mass is 32.2. The maximum Gasteiger partial charge on any atom is 0.200 e. The number of benzene rings is 5. The van der Waals surface area contributed by atoms with E-state index in [-0.39, 0.29) is 11.2 Å². The van der Waals surface area contributed by atoms with Gasteiger partial charge in [-0.2, -0.15) is 0 Å². The van der Waals surface area contributed by atoms with E-state index in [0.717, 1.165) is 5.75 Å². The second-order valence-electron chi connectivity index (χ2n) is 11.9. The van der Waals surface area contributed by atoms with Gasteiger partial charge in [0, 0.05) is 0 Å². The van der Waals surface area contributed by atoms with Crippen LogP contribution < -0.4 is 26.0 Å². The molecule has 0 aliphatic rings. The molecule has 5 rings (SSSR count). The molecule has 0 unspecified atom stereocenters. The third-order valence-corrected chi connectivity index (χ3v) is 8.82. The normalized spacial score (nSPS) is 11.7. The Morgan fingerprint density at radius 2 is 0.561 bits per heavy atom. The molecule has 0 saturated heterocycles. The zero-order valence-electron chi connectivity index (χ0n) is 28.2. The third-order valence-electron chi connectivity index (χ3n) is 8.31. The average molecular weight is 862 g/mol. The summed E-state index contributed by atoms with van der Waals surface area (Å²) in [6, 6.07) is 6.28. The van der Waals surface area contributed by atoms with E-state index in [0.29, 0.717) is 0 Å². The van der Waals surface area contributed by atoms with E-state index in [1.165, 1.54) is 11.1 Å². The SMILES string of the molecule is Cc1ccc(C)c(O[S+](C)C)c1.Fc1c(F)c(F)c([B-](c2c(F)c(F)c(F)c(F)c2F)(c2c(F)c(F)c(F)c(F)c2F)c2c(F)c(F)c(F)c(F)c2F)c(F)c1F. The summed E-state index contributed by atoms with van der Waals surface area (Å²) < 4.78 is 300. The molecule has 0 aromatic heterocycles. The smallest absolute Gasteiger partial charge is 0.200 e. The Bertz CT molecular complexity index is 2070. The van der Waals surface area contributed by atoms with Crippen molar-refractivity contribution in [2.75, 3.05) is 12.5 Å². The molecule has 0 fully saturated rings. The molecule has 0 N–H and O–H groups in total. The molecular formula is C34H15BF20OS. The number of rotatable bonds is 6. The highest BCUT2D eigenvalue weighted by molar-refractivity contribution is 7.91. The standard InChI is InChI=1S/C24BF20.C10H15OS/c26-5-1(6(27)14(35)21(42)13(5)34)25(2-7(28)15(36)22(43)16(37)8(2)29,3-9(30)17(38)23(44)18(39)10(3)31)4-11(32)19(40)24(45)20(41)12(4)33;1-8-5-6-9(2)10(7-8)11-12(3)4/h;5-7H,1-4H3/q-1;+1.